The van der Waals surface area contributed by atoms with Crippen LogP contribution in [0.25, 0.3) is 22.2 Å². The van der Waals surface area contributed by atoms with Crippen LogP contribution >= 0.6 is 11.8 Å². The summed E-state index contributed by atoms with van der Waals surface area (Å²) in [6.45, 7) is 9.29. The van der Waals surface area contributed by atoms with Gasteiger partial charge in [-0.3, -0.25) is 0 Å². The molecule has 36 heavy (non-hydrogen) atoms. The van der Waals surface area contributed by atoms with Crippen LogP contribution in [0.5, 0.6) is 5.75 Å². The fourth-order valence-corrected chi connectivity index (χ4v) is 6.19. The Morgan fingerprint density at radius 3 is 2.58 bits per heavy atom. The second-order valence-corrected chi connectivity index (χ2v) is 10.7. The number of benzene rings is 2. The molecule has 196 valence electrons. The Bertz CT molecular complexity index is 1160. The first-order chi connectivity index (χ1) is 17.6. The molecule has 2 aliphatic rings. The van der Waals surface area contributed by atoms with Crippen LogP contribution in [0.4, 0.5) is 10.1 Å². The highest BCUT2D eigenvalue weighted by Gasteiger charge is 2.36. The molecule has 2 unspecified atom stereocenters. The molecular formula is C29H41FN4OS. The minimum atomic E-state index is -0.343. The lowest BCUT2D eigenvalue weighted by Crippen LogP contribution is -2.37. The van der Waals surface area contributed by atoms with Crippen molar-refractivity contribution in [2.24, 2.45) is 11.8 Å². The molecule has 0 bridgehead atoms. The zero-order chi connectivity index (χ0) is 25.7. The summed E-state index contributed by atoms with van der Waals surface area (Å²) < 4.78 is 20.0. The van der Waals surface area contributed by atoms with E-state index < -0.39 is 0 Å². The molecule has 0 spiro atoms. The van der Waals surface area contributed by atoms with Crippen molar-refractivity contribution in [1.82, 2.24) is 15.2 Å². The molecule has 0 saturated carbocycles. The van der Waals surface area contributed by atoms with Gasteiger partial charge in [0.1, 0.15) is 0 Å². The van der Waals surface area contributed by atoms with Gasteiger partial charge in [-0.15, -0.1) is 11.8 Å². The first kappa shape index (κ1) is 26.7. The topological polar surface area (TPSA) is 40.6 Å². The van der Waals surface area contributed by atoms with Crippen LogP contribution in [0.1, 0.15) is 21.7 Å². The lowest BCUT2D eigenvalue weighted by molar-refractivity contribution is 0.178. The van der Waals surface area contributed by atoms with Crippen molar-refractivity contribution in [3.05, 3.63) is 48.3 Å². The zero-order valence-electron chi connectivity index (χ0n) is 22.2. The zero-order valence-corrected chi connectivity index (χ0v) is 23.0. The second-order valence-electron chi connectivity index (χ2n) is 9.48. The third-order valence-corrected chi connectivity index (χ3v) is 8.19. The molecule has 0 radical (unpaired) electrons. The summed E-state index contributed by atoms with van der Waals surface area (Å²) >= 11 is 1.84. The van der Waals surface area contributed by atoms with Crippen LogP contribution in [-0.2, 0) is 0 Å². The quantitative estimate of drug-likeness (QED) is 0.308. The number of nitrogens with zero attached hydrogens (tertiary/aromatic N) is 3. The van der Waals surface area contributed by atoms with E-state index in [1.807, 2.05) is 32.7 Å². The van der Waals surface area contributed by atoms with Crippen LogP contribution < -0.4 is 15.0 Å². The van der Waals surface area contributed by atoms with Crippen molar-refractivity contribution < 1.29 is 10.6 Å². The smallest absolute Gasteiger partial charge is 0.165 e. The highest BCUT2D eigenvalue weighted by Crippen LogP contribution is 2.39. The number of piperidine rings is 1. The molecule has 2 saturated heterocycles. The number of pyridine rings is 1. The Morgan fingerprint density at radius 2 is 1.86 bits per heavy atom. The monoisotopic (exact) mass is 512 g/mol. The number of thioether (sulfide) groups is 1. The standard InChI is InChI=1S/C27H33FN4OS.C2H6.H2/c1-29-9-11-34-21-6-4-18(5-7-21)24-13-26(22-12-23(28)27(33-3)14-25(22)30-24)32-16-19-8-10-31(2)15-20(19)17-32;1-2;/h4-7,12-14,19-20,29H,8-11,15-17H2,1-3H3;1-2H3;1H. The van der Waals surface area contributed by atoms with Gasteiger partial charge in [-0.25, -0.2) is 9.37 Å². The van der Waals surface area contributed by atoms with Gasteiger partial charge in [-0.05, 0) is 63.2 Å². The highest BCUT2D eigenvalue weighted by molar-refractivity contribution is 7.99. The van der Waals surface area contributed by atoms with Crippen LogP contribution in [0, 0.1) is 17.7 Å². The molecule has 2 atom stereocenters. The number of nitrogens with one attached hydrogen (secondary N) is 1. The number of rotatable bonds is 7. The summed E-state index contributed by atoms with van der Waals surface area (Å²) in [6.07, 6.45) is 1.22. The van der Waals surface area contributed by atoms with E-state index in [1.54, 1.807) is 12.1 Å². The van der Waals surface area contributed by atoms with Crippen molar-refractivity contribution in [3.63, 3.8) is 0 Å². The summed E-state index contributed by atoms with van der Waals surface area (Å²) in [4.78, 5) is 11.1. The van der Waals surface area contributed by atoms with E-state index >= 15 is 0 Å². The Hall–Kier alpha value is -2.35. The van der Waals surface area contributed by atoms with E-state index in [4.69, 9.17) is 9.72 Å². The number of ether oxygens (including phenoxy) is 1. The van der Waals surface area contributed by atoms with E-state index in [0.717, 1.165) is 66.3 Å². The molecule has 1 aromatic heterocycles. The van der Waals surface area contributed by atoms with Crippen molar-refractivity contribution in [2.45, 2.75) is 25.2 Å². The van der Waals surface area contributed by atoms with Crippen LogP contribution in [-0.4, -0.2) is 69.6 Å². The van der Waals surface area contributed by atoms with Crippen molar-refractivity contribution >= 4 is 28.4 Å². The third kappa shape index (κ3) is 5.79. The summed E-state index contributed by atoms with van der Waals surface area (Å²) in [5.41, 5.74) is 3.83. The normalized spacial score (nSPS) is 19.7. The average molecular weight is 513 g/mol. The van der Waals surface area contributed by atoms with Gasteiger partial charge < -0.3 is 19.9 Å². The van der Waals surface area contributed by atoms with Gasteiger partial charge in [-0.2, -0.15) is 0 Å². The number of halogens is 1. The van der Waals surface area contributed by atoms with Gasteiger partial charge in [0.05, 0.1) is 18.3 Å². The first-order valence-electron chi connectivity index (χ1n) is 13.1. The molecule has 0 amide bonds. The molecular weight excluding hydrogens is 471 g/mol. The predicted molar refractivity (Wildman–Crippen MR) is 153 cm³/mol. The lowest BCUT2D eigenvalue weighted by atomic mass is 9.89. The second kappa shape index (κ2) is 12.3. The van der Waals surface area contributed by atoms with Gasteiger partial charge >= 0.3 is 0 Å². The van der Waals surface area contributed by atoms with E-state index in [1.165, 1.54) is 18.4 Å². The van der Waals surface area contributed by atoms with E-state index in [0.29, 0.717) is 11.8 Å². The molecule has 3 aromatic rings. The van der Waals surface area contributed by atoms with Gasteiger partial charge in [0.25, 0.3) is 0 Å². The lowest BCUT2D eigenvalue weighted by Gasteiger charge is -2.31. The van der Waals surface area contributed by atoms with Crippen LogP contribution in [0.15, 0.2) is 47.4 Å². The number of fused-ring (bicyclic) bond motifs is 2. The molecule has 5 rings (SSSR count). The molecule has 5 nitrogen and oxygen atoms in total. The molecule has 2 fully saturated rings. The van der Waals surface area contributed by atoms with Crippen LogP contribution in [0.2, 0.25) is 0 Å². The van der Waals surface area contributed by atoms with Crippen molar-refractivity contribution in [3.8, 4) is 17.0 Å². The summed E-state index contributed by atoms with van der Waals surface area (Å²) in [6, 6.07) is 14.1. The Kier molecular flexibility index (Phi) is 9.09. The minimum absolute atomic E-state index is 0. The summed E-state index contributed by atoms with van der Waals surface area (Å²) in [5.74, 6) is 2.27. The van der Waals surface area contributed by atoms with Crippen molar-refractivity contribution in [2.75, 3.05) is 64.6 Å². The van der Waals surface area contributed by atoms with E-state index in [9.17, 15) is 4.39 Å². The number of hydrogen-bond donors (Lipinski definition) is 1. The van der Waals surface area contributed by atoms with Gasteiger partial charge in [0.2, 0.25) is 0 Å². The molecule has 7 heteroatoms. The third-order valence-electron chi connectivity index (χ3n) is 7.18. The number of hydrogen-bond acceptors (Lipinski definition) is 6. The molecule has 3 heterocycles. The molecule has 2 aromatic carbocycles. The fourth-order valence-electron chi connectivity index (χ4n) is 5.32. The predicted octanol–water partition coefficient (Wildman–Crippen LogP) is 6.02. The maximum Gasteiger partial charge on any atom is 0.165 e. The van der Waals surface area contributed by atoms with Gasteiger partial charge in [-0.1, -0.05) is 26.0 Å². The maximum atomic E-state index is 14.7. The van der Waals surface area contributed by atoms with Gasteiger partial charge in [0, 0.05) is 61.0 Å². The van der Waals surface area contributed by atoms with Crippen molar-refractivity contribution in [1.29, 1.82) is 0 Å². The number of aromatic nitrogens is 1. The van der Waals surface area contributed by atoms with Gasteiger partial charge in [0.15, 0.2) is 11.6 Å². The number of likely N-dealkylation sites (tertiary alicyclic amines) is 1. The average Bonchev–Trinajstić information content (AvgIpc) is 3.32. The molecule has 0 aliphatic carbocycles. The minimum Gasteiger partial charge on any atom is -0.494 e. The van der Waals surface area contributed by atoms with E-state index in [2.05, 4.69) is 52.5 Å². The highest BCUT2D eigenvalue weighted by atomic mass is 32.2. The first-order valence-corrected chi connectivity index (χ1v) is 14.0. The molecule has 2 aliphatic heterocycles. The fraction of sp³-hybridized carbons (Fsp3) is 0.483. The Morgan fingerprint density at radius 1 is 1.11 bits per heavy atom. The van der Waals surface area contributed by atoms with Crippen LogP contribution in [0.3, 0.4) is 0 Å². The number of methoxy groups -OCH3 is 1. The summed E-state index contributed by atoms with van der Waals surface area (Å²) in [5, 5.41) is 4.04. The molecule has 1 N–H and O–H groups in total. The maximum absolute atomic E-state index is 14.7. The Balaban J connectivity index is 0.00000124. The Labute approximate surface area is 220 Å². The SMILES string of the molecule is CC.CNCCSc1ccc(-c2cc(N3CC4CCN(C)CC4C3)c3cc(F)c(OC)cc3n2)cc1.[HH]. The van der Waals surface area contributed by atoms with E-state index in [-0.39, 0.29) is 13.0 Å². The number of anilines is 1. The summed E-state index contributed by atoms with van der Waals surface area (Å²) in [7, 11) is 5.68. The largest absolute Gasteiger partial charge is 0.494 e.